The minimum atomic E-state index is -0.334. The number of ketones is 1. The van der Waals surface area contributed by atoms with Crippen LogP contribution in [0.5, 0.6) is 11.5 Å². The summed E-state index contributed by atoms with van der Waals surface area (Å²) in [6, 6.07) is 11.8. The maximum Gasteiger partial charge on any atom is 0.292 e. The standard InChI is InChI=1S/C22H26N2O4/c1-3-4-17-11-13-23(14-12-17)22-15-20(9-10-21(22)24(26)27)28-19-7-5-18(6-8-19)16(2)25/h5-10,15,17H,3-4,11-14H2,1-2H3. The molecule has 28 heavy (non-hydrogen) atoms. The van der Waals surface area contributed by atoms with Crippen molar-refractivity contribution < 1.29 is 14.5 Å². The molecule has 1 aliphatic heterocycles. The van der Waals surface area contributed by atoms with Gasteiger partial charge in [0.2, 0.25) is 0 Å². The van der Waals surface area contributed by atoms with Crippen molar-refractivity contribution in [3.05, 3.63) is 58.1 Å². The van der Waals surface area contributed by atoms with Gasteiger partial charge in [-0.1, -0.05) is 19.8 Å². The molecule has 0 bridgehead atoms. The van der Waals surface area contributed by atoms with E-state index in [1.807, 2.05) is 0 Å². The molecule has 0 radical (unpaired) electrons. The average Bonchev–Trinajstić information content (AvgIpc) is 2.69. The van der Waals surface area contributed by atoms with Crippen LogP contribution >= 0.6 is 0 Å². The molecule has 0 atom stereocenters. The normalized spacial score (nSPS) is 14.7. The Balaban J connectivity index is 1.79. The van der Waals surface area contributed by atoms with Crippen molar-refractivity contribution in [1.82, 2.24) is 0 Å². The Kier molecular flexibility index (Phi) is 6.29. The maximum absolute atomic E-state index is 11.5. The Hall–Kier alpha value is -2.89. The summed E-state index contributed by atoms with van der Waals surface area (Å²) < 4.78 is 5.88. The van der Waals surface area contributed by atoms with Gasteiger partial charge in [0.05, 0.1) is 4.92 Å². The predicted octanol–water partition coefficient (Wildman–Crippen LogP) is 5.61. The van der Waals surface area contributed by atoms with Crippen LogP contribution in [0.15, 0.2) is 42.5 Å². The van der Waals surface area contributed by atoms with Crippen molar-refractivity contribution in [3.8, 4) is 11.5 Å². The molecule has 1 saturated heterocycles. The third-order valence-electron chi connectivity index (χ3n) is 5.29. The van der Waals surface area contributed by atoms with Crippen molar-refractivity contribution in [3.63, 3.8) is 0 Å². The monoisotopic (exact) mass is 382 g/mol. The quantitative estimate of drug-likeness (QED) is 0.354. The number of Topliss-reactive ketones (excluding diaryl/α,β-unsaturated/α-hetero) is 1. The average molecular weight is 382 g/mol. The molecule has 1 aliphatic rings. The van der Waals surface area contributed by atoms with Gasteiger partial charge in [-0.25, -0.2) is 0 Å². The lowest BCUT2D eigenvalue weighted by molar-refractivity contribution is -0.384. The van der Waals surface area contributed by atoms with Gasteiger partial charge in [0.1, 0.15) is 17.2 Å². The summed E-state index contributed by atoms with van der Waals surface area (Å²) in [6.07, 6.45) is 4.51. The second-order valence-electron chi connectivity index (χ2n) is 7.31. The van der Waals surface area contributed by atoms with Crippen LogP contribution in [0.25, 0.3) is 0 Å². The first-order valence-electron chi connectivity index (χ1n) is 9.80. The van der Waals surface area contributed by atoms with Gasteiger partial charge >= 0.3 is 0 Å². The molecule has 148 valence electrons. The molecule has 1 heterocycles. The Morgan fingerprint density at radius 3 is 2.36 bits per heavy atom. The molecule has 2 aromatic carbocycles. The van der Waals surface area contributed by atoms with Gasteiger partial charge < -0.3 is 9.64 Å². The molecule has 0 aliphatic carbocycles. The number of nitro benzene ring substituents is 1. The van der Waals surface area contributed by atoms with Gasteiger partial charge in [-0.15, -0.1) is 0 Å². The minimum absolute atomic E-state index is 0.00403. The minimum Gasteiger partial charge on any atom is -0.457 e. The summed E-state index contributed by atoms with van der Waals surface area (Å²) in [6.45, 7) is 5.35. The predicted molar refractivity (Wildman–Crippen MR) is 109 cm³/mol. The van der Waals surface area contributed by atoms with E-state index in [1.165, 1.54) is 25.8 Å². The summed E-state index contributed by atoms with van der Waals surface area (Å²) >= 11 is 0. The molecule has 0 saturated carbocycles. The van der Waals surface area contributed by atoms with Gasteiger partial charge in [0, 0.05) is 30.8 Å². The maximum atomic E-state index is 11.5. The van der Waals surface area contributed by atoms with Gasteiger partial charge in [0.15, 0.2) is 5.78 Å². The number of piperidine rings is 1. The second kappa shape index (κ2) is 8.87. The highest BCUT2D eigenvalue weighted by molar-refractivity contribution is 5.94. The van der Waals surface area contributed by atoms with Crippen LogP contribution < -0.4 is 9.64 Å². The first-order valence-corrected chi connectivity index (χ1v) is 9.80. The number of nitrogens with zero attached hydrogens (tertiary/aromatic N) is 2. The highest BCUT2D eigenvalue weighted by Crippen LogP contribution is 2.36. The fraction of sp³-hybridized carbons (Fsp3) is 0.409. The zero-order valence-electron chi connectivity index (χ0n) is 16.4. The van der Waals surface area contributed by atoms with Crippen molar-refractivity contribution in [1.29, 1.82) is 0 Å². The van der Waals surface area contributed by atoms with E-state index >= 15 is 0 Å². The van der Waals surface area contributed by atoms with E-state index in [9.17, 15) is 14.9 Å². The number of anilines is 1. The lowest BCUT2D eigenvalue weighted by Crippen LogP contribution is -2.34. The van der Waals surface area contributed by atoms with Crippen LogP contribution in [0.4, 0.5) is 11.4 Å². The van der Waals surface area contributed by atoms with Gasteiger partial charge in [-0.2, -0.15) is 0 Å². The van der Waals surface area contributed by atoms with Crippen LogP contribution in [-0.4, -0.2) is 23.8 Å². The Labute approximate surface area is 165 Å². The van der Waals surface area contributed by atoms with Crippen molar-refractivity contribution in [2.45, 2.75) is 39.5 Å². The molecule has 3 rings (SSSR count). The number of hydrogen-bond acceptors (Lipinski definition) is 5. The molecular weight excluding hydrogens is 356 g/mol. The van der Waals surface area contributed by atoms with Crippen molar-refractivity contribution in [2.75, 3.05) is 18.0 Å². The third-order valence-corrected chi connectivity index (χ3v) is 5.29. The molecule has 0 unspecified atom stereocenters. The van der Waals surface area contributed by atoms with Crippen molar-refractivity contribution >= 4 is 17.2 Å². The van der Waals surface area contributed by atoms with E-state index in [4.69, 9.17) is 4.74 Å². The largest absolute Gasteiger partial charge is 0.457 e. The molecular formula is C22H26N2O4. The zero-order chi connectivity index (χ0) is 20.1. The van der Waals surface area contributed by atoms with Crippen molar-refractivity contribution in [2.24, 2.45) is 5.92 Å². The molecule has 0 spiro atoms. The number of carbonyl (C=O) groups excluding carboxylic acids is 1. The Morgan fingerprint density at radius 2 is 1.79 bits per heavy atom. The summed E-state index contributed by atoms with van der Waals surface area (Å²) in [4.78, 5) is 24.7. The zero-order valence-corrected chi connectivity index (χ0v) is 16.4. The number of nitro groups is 1. The molecule has 6 heteroatoms. The fourth-order valence-electron chi connectivity index (χ4n) is 3.74. The highest BCUT2D eigenvalue weighted by Gasteiger charge is 2.25. The molecule has 1 fully saturated rings. The number of hydrogen-bond donors (Lipinski definition) is 0. The lowest BCUT2D eigenvalue weighted by atomic mass is 9.92. The summed E-state index contributed by atoms with van der Waals surface area (Å²) in [5, 5.41) is 11.5. The first-order chi connectivity index (χ1) is 13.5. The molecule has 0 N–H and O–H groups in total. The number of ether oxygens (including phenoxy) is 1. The highest BCUT2D eigenvalue weighted by atomic mass is 16.6. The SMILES string of the molecule is CCCC1CCN(c2cc(Oc3ccc(C(C)=O)cc3)ccc2[N+](=O)[O-])CC1. The summed E-state index contributed by atoms with van der Waals surface area (Å²) in [5.74, 6) is 1.84. The van der Waals surface area contributed by atoms with E-state index in [1.54, 1.807) is 36.4 Å². The Morgan fingerprint density at radius 1 is 1.14 bits per heavy atom. The van der Waals surface area contributed by atoms with Gasteiger partial charge in [-0.05, 0) is 56.0 Å². The summed E-state index contributed by atoms with van der Waals surface area (Å²) in [5.41, 5.74) is 1.33. The lowest BCUT2D eigenvalue weighted by Gasteiger charge is -2.33. The van der Waals surface area contributed by atoms with Crippen LogP contribution in [0.2, 0.25) is 0 Å². The smallest absolute Gasteiger partial charge is 0.292 e. The topological polar surface area (TPSA) is 72.7 Å². The van der Waals surface area contributed by atoms with Crippen LogP contribution in [-0.2, 0) is 0 Å². The number of rotatable bonds is 7. The molecule has 6 nitrogen and oxygen atoms in total. The second-order valence-corrected chi connectivity index (χ2v) is 7.31. The van der Waals surface area contributed by atoms with E-state index in [-0.39, 0.29) is 16.4 Å². The number of benzene rings is 2. The molecule has 2 aromatic rings. The fourth-order valence-corrected chi connectivity index (χ4v) is 3.74. The summed E-state index contributed by atoms with van der Waals surface area (Å²) in [7, 11) is 0. The van der Waals surface area contributed by atoms with E-state index in [2.05, 4.69) is 11.8 Å². The van der Waals surface area contributed by atoms with Gasteiger partial charge in [-0.3, -0.25) is 14.9 Å². The molecule has 0 amide bonds. The van der Waals surface area contributed by atoms with E-state index in [0.29, 0.717) is 28.7 Å². The third kappa shape index (κ3) is 4.68. The van der Waals surface area contributed by atoms with Gasteiger partial charge in [0.25, 0.3) is 5.69 Å². The number of carbonyl (C=O) groups is 1. The van der Waals surface area contributed by atoms with Crippen LogP contribution in [0.1, 0.15) is 49.9 Å². The molecule has 0 aromatic heterocycles. The van der Waals surface area contributed by atoms with E-state index < -0.39 is 0 Å². The van der Waals surface area contributed by atoms with E-state index in [0.717, 1.165) is 25.9 Å². The first kappa shape index (κ1) is 19.9. The van der Waals surface area contributed by atoms with Crippen LogP contribution in [0.3, 0.4) is 0 Å². The van der Waals surface area contributed by atoms with Crippen LogP contribution in [0, 0.1) is 16.0 Å². The Bertz CT molecular complexity index is 840.